The van der Waals surface area contributed by atoms with Crippen molar-refractivity contribution in [3.8, 4) is 11.8 Å². The minimum Gasteiger partial charge on any atom is -0.341 e. The van der Waals surface area contributed by atoms with Crippen LogP contribution in [0.1, 0.15) is 25.3 Å². The molecule has 0 saturated carbocycles. The Hall–Kier alpha value is -3.63. The number of nitrogens with two attached hydrogens (primary N) is 1. The van der Waals surface area contributed by atoms with E-state index in [4.69, 9.17) is 10.7 Å². The Labute approximate surface area is 186 Å². The molecular weight excluding hydrogens is 400 g/mol. The lowest BCUT2D eigenvalue weighted by atomic mass is 10.1. The summed E-state index contributed by atoms with van der Waals surface area (Å²) in [6.45, 7) is 4.29. The minimum atomic E-state index is -0.0756. The molecule has 0 amide bonds. The molecule has 0 aliphatic carbocycles. The molecule has 4 aromatic rings. The van der Waals surface area contributed by atoms with Crippen LogP contribution >= 0.6 is 0 Å². The van der Waals surface area contributed by atoms with Crippen LogP contribution in [0.4, 0.5) is 5.95 Å². The Morgan fingerprint density at radius 1 is 1.22 bits per heavy atom. The van der Waals surface area contributed by atoms with Gasteiger partial charge in [0.05, 0.1) is 24.1 Å². The number of pyridine rings is 2. The number of aromatic nitrogens is 4. The molecule has 0 radical (unpaired) electrons. The molecule has 4 heterocycles. The van der Waals surface area contributed by atoms with Crippen LogP contribution in [0.3, 0.4) is 0 Å². The summed E-state index contributed by atoms with van der Waals surface area (Å²) in [4.78, 5) is 25.1. The Morgan fingerprint density at radius 3 is 2.94 bits per heavy atom. The molecule has 3 aromatic heterocycles. The molecule has 5 rings (SSSR count). The maximum absolute atomic E-state index is 13.6. The summed E-state index contributed by atoms with van der Waals surface area (Å²) in [5, 5.41) is 1.06. The lowest BCUT2D eigenvalue weighted by molar-refractivity contribution is 0.496. The lowest BCUT2D eigenvalue weighted by Crippen LogP contribution is -2.44. The summed E-state index contributed by atoms with van der Waals surface area (Å²) in [6.07, 6.45) is 5.63. The van der Waals surface area contributed by atoms with Gasteiger partial charge in [-0.2, -0.15) is 0 Å². The second-order valence-electron chi connectivity index (χ2n) is 8.25. The summed E-state index contributed by atoms with van der Waals surface area (Å²) in [5.74, 6) is 6.83. The highest BCUT2D eigenvalue weighted by atomic mass is 16.1. The van der Waals surface area contributed by atoms with Gasteiger partial charge in [-0.05, 0) is 37.5 Å². The van der Waals surface area contributed by atoms with E-state index in [1.165, 1.54) is 0 Å². The maximum atomic E-state index is 13.6. The normalized spacial score (nSPS) is 16.3. The van der Waals surface area contributed by atoms with Crippen LogP contribution in [0.25, 0.3) is 21.9 Å². The van der Waals surface area contributed by atoms with Crippen LogP contribution in [0.15, 0.2) is 53.6 Å². The van der Waals surface area contributed by atoms with Crippen molar-refractivity contribution in [1.29, 1.82) is 0 Å². The molecule has 1 atom stereocenters. The number of rotatable bonds is 4. The van der Waals surface area contributed by atoms with Crippen LogP contribution in [-0.4, -0.2) is 38.2 Å². The molecular formula is C25H26N6O. The smallest absolute Gasteiger partial charge is 0.277 e. The summed E-state index contributed by atoms with van der Waals surface area (Å²) >= 11 is 0. The average Bonchev–Trinajstić information content (AvgIpc) is 3.19. The second kappa shape index (κ2) is 8.48. The van der Waals surface area contributed by atoms with E-state index in [9.17, 15) is 4.79 Å². The number of nitrogens with zero attached hydrogens (tertiary/aromatic N) is 5. The topological polar surface area (TPSA) is 82.0 Å². The van der Waals surface area contributed by atoms with Gasteiger partial charge < -0.3 is 15.2 Å². The van der Waals surface area contributed by atoms with Gasteiger partial charge in [-0.3, -0.25) is 14.3 Å². The Kier molecular flexibility index (Phi) is 5.38. The quantitative estimate of drug-likeness (QED) is 0.508. The molecule has 0 spiro atoms. The first-order chi connectivity index (χ1) is 15.7. The monoisotopic (exact) mass is 426 g/mol. The predicted octanol–water partition coefficient (Wildman–Crippen LogP) is 2.75. The van der Waals surface area contributed by atoms with Crippen LogP contribution < -0.4 is 16.2 Å². The molecule has 7 heteroatoms. The zero-order valence-corrected chi connectivity index (χ0v) is 18.2. The SMILES string of the molecule is CC#CCn1c(N2CCCC(N)C2)nc2ccn(Cc3cccc4cccnc34)c(=O)c21. The molecule has 7 nitrogen and oxygen atoms in total. The van der Waals surface area contributed by atoms with Crippen molar-refractivity contribution >= 4 is 27.9 Å². The van der Waals surface area contributed by atoms with Crippen molar-refractivity contribution in [2.24, 2.45) is 5.73 Å². The first-order valence-electron chi connectivity index (χ1n) is 11.0. The predicted molar refractivity (Wildman–Crippen MR) is 128 cm³/mol. The number of benzene rings is 1. The highest BCUT2D eigenvalue weighted by molar-refractivity contribution is 5.82. The van der Waals surface area contributed by atoms with Crippen molar-refractivity contribution < 1.29 is 0 Å². The first-order valence-corrected chi connectivity index (χ1v) is 11.0. The van der Waals surface area contributed by atoms with Gasteiger partial charge in [-0.25, -0.2) is 4.98 Å². The van der Waals surface area contributed by atoms with E-state index in [2.05, 4.69) is 21.7 Å². The molecule has 162 valence electrons. The molecule has 1 aromatic carbocycles. The third-order valence-electron chi connectivity index (χ3n) is 6.06. The van der Waals surface area contributed by atoms with Gasteiger partial charge in [-0.15, -0.1) is 5.92 Å². The van der Waals surface area contributed by atoms with Gasteiger partial charge in [-0.1, -0.05) is 30.2 Å². The molecule has 2 N–H and O–H groups in total. The van der Waals surface area contributed by atoms with Crippen molar-refractivity contribution in [2.45, 2.75) is 38.9 Å². The standard InChI is InChI=1S/C25H26N6O/c1-2-3-14-31-23-21(28-25(31)30-13-6-10-20(26)17-30)11-15-29(24(23)32)16-19-8-4-7-18-9-5-12-27-22(18)19/h4-5,7-9,11-12,15,20H,6,10,13-14,16-17,26H2,1H3. The molecule has 1 aliphatic heterocycles. The van der Waals surface area contributed by atoms with Crippen molar-refractivity contribution in [3.63, 3.8) is 0 Å². The maximum Gasteiger partial charge on any atom is 0.277 e. The second-order valence-corrected chi connectivity index (χ2v) is 8.25. The van der Waals surface area contributed by atoms with Crippen LogP contribution in [0.5, 0.6) is 0 Å². The van der Waals surface area contributed by atoms with Gasteiger partial charge in [0, 0.05) is 36.9 Å². The van der Waals surface area contributed by atoms with Gasteiger partial charge in [0.2, 0.25) is 5.95 Å². The Balaban J connectivity index is 1.62. The summed E-state index contributed by atoms with van der Waals surface area (Å²) in [7, 11) is 0. The highest BCUT2D eigenvalue weighted by Crippen LogP contribution is 2.24. The largest absolute Gasteiger partial charge is 0.341 e. The van der Waals surface area contributed by atoms with E-state index >= 15 is 0 Å². The van der Waals surface area contributed by atoms with Crippen LogP contribution in [0.2, 0.25) is 0 Å². The average molecular weight is 427 g/mol. The summed E-state index contributed by atoms with van der Waals surface area (Å²) in [6, 6.07) is 12.0. The first kappa shape index (κ1) is 20.3. The van der Waals surface area contributed by atoms with Crippen LogP contribution in [-0.2, 0) is 13.1 Å². The number of anilines is 1. The van der Waals surface area contributed by atoms with E-state index < -0.39 is 0 Å². The highest BCUT2D eigenvalue weighted by Gasteiger charge is 2.24. The van der Waals surface area contributed by atoms with Crippen molar-refractivity contribution in [3.05, 3.63) is 64.7 Å². The molecule has 1 unspecified atom stereocenters. The number of para-hydroxylation sites is 1. The number of hydrogen-bond donors (Lipinski definition) is 1. The number of imidazole rings is 1. The zero-order chi connectivity index (χ0) is 22.1. The fourth-order valence-electron chi connectivity index (χ4n) is 4.51. The number of piperidine rings is 1. The fraction of sp³-hybridized carbons (Fsp3) is 0.320. The van der Waals surface area contributed by atoms with E-state index in [1.54, 1.807) is 17.7 Å². The van der Waals surface area contributed by atoms with Gasteiger partial charge in [0.25, 0.3) is 5.56 Å². The van der Waals surface area contributed by atoms with Crippen LogP contribution in [0, 0.1) is 11.8 Å². The van der Waals surface area contributed by atoms with Crippen molar-refractivity contribution in [1.82, 2.24) is 19.1 Å². The molecule has 32 heavy (non-hydrogen) atoms. The van der Waals surface area contributed by atoms with E-state index in [-0.39, 0.29) is 11.6 Å². The molecule has 1 saturated heterocycles. The van der Waals surface area contributed by atoms with Gasteiger partial charge in [0.15, 0.2) is 0 Å². The third-order valence-corrected chi connectivity index (χ3v) is 6.06. The summed E-state index contributed by atoms with van der Waals surface area (Å²) in [5.41, 5.74) is 9.33. The minimum absolute atomic E-state index is 0.0756. The van der Waals surface area contributed by atoms with Gasteiger partial charge >= 0.3 is 0 Å². The molecule has 0 bridgehead atoms. The number of fused-ring (bicyclic) bond motifs is 2. The Bertz CT molecular complexity index is 1400. The van der Waals surface area contributed by atoms with E-state index in [1.807, 2.05) is 47.2 Å². The number of hydrogen-bond acceptors (Lipinski definition) is 5. The molecule has 1 aliphatic rings. The Morgan fingerprint density at radius 2 is 2.09 bits per heavy atom. The van der Waals surface area contributed by atoms with E-state index in [0.717, 1.165) is 48.3 Å². The van der Waals surface area contributed by atoms with E-state index in [0.29, 0.717) is 24.1 Å². The molecule has 1 fully saturated rings. The fourth-order valence-corrected chi connectivity index (χ4v) is 4.51. The van der Waals surface area contributed by atoms with Crippen molar-refractivity contribution in [2.75, 3.05) is 18.0 Å². The lowest BCUT2D eigenvalue weighted by Gasteiger charge is -2.31. The third kappa shape index (κ3) is 3.63. The zero-order valence-electron chi connectivity index (χ0n) is 18.2. The van der Waals surface area contributed by atoms with Gasteiger partial charge in [0.1, 0.15) is 5.52 Å². The summed E-state index contributed by atoms with van der Waals surface area (Å²) < 4.78 is 3.68.